The lowest BCUT2D eigenvalue weighted by Crippen LogP contribution is -2.26. The molecular formula is C15H17NO4. The highest BCUT2D eigenvalue weighted by atomic mass is 16.5. The molecule has 0 spiro atoms. The highest BCUT2D eigenvalue weighted by Crippen LogP contribution is 2.29. The third kappa shape index (κ3) is 2.77. The van der Waals surface area contributed by atoms with E-state index < -0.39 is 0 Å². The molecule has 20 heavy (non-hydrogen) atoms. The van der Waals surface area contributed by atoms with Crippen molar-refractivity contribution in [2.24, 2.45) is 0 Å². The van der Waals surface area contributed by atoms with Crippen LogP contribution in [0.15, 0.2) is 34.7 Å². The smallest absolute Gasteiger partial charge is 0.255 e. The molecule has 1 heterocycles. The first-order valence-electron chi connectivity index (χ1n) is 6.26. The van der Waals surface area contributed by atoms with E-state index in [1.54, 1.807) is 12.1 Å². The zero-order valence-corrected chi connectivity index (χ0v) is 11.6. The molecule has 2 aromatic rings. The summed E-state index contributed by atoms with van der Waals surface area (Å²) in [6.45, 7) is 3.65. The molecule has 106 valence electrons. The Balaban J connectivity index is 2.16. The van der Waals surface area contributed by atoms with Crippen molar-refractivity contribution in [1.82, 2.24) is 5.32 Å². The first-order valence-corrected chi connectivity index (χ1v) is 6.26. The molecule has 5 nitrogen and oxygen atoms in total. The van der Waals surface area contributed by atoms with Crippen LogP contribution in [-0.4, -0.2) is 18.1 Å². The first-order chi connectivity index (χ1) is 9.52. The fraction of sp³-hybridized carbons (Fsp3) is 0.267. The number of amides is 1. The highest BCUT2D eigenvalue weighted by Gasteiger charge is 2.18. The molecule has 0 aliphatic heterocycles. The second-order valence-electron chi connectivity index (χ2n) is 4.50. The summed E-state index contributed by atoms with van der Waals surface area (Å²) in [5, 5.41) is 12.7. The number of carbonyl (C=O) groups excluding carboxylic acids is 1. The third-order valence-electron chi connectivity index (χ3n) is 3.00. The van der Waals surface area contributed by atoms with Gasteiger partial charge in [0.25, 0.3) is 5.91 Å². The van der Waals surface area contributed by atoms with Gasteiger partial charge in [0.1, 0.15) is 11.5 Å². The van der Waals surface area contributed by atoms with Crippen molar-refractivity contribution < 1.29 is 19.1 Å². The van der Waals surface area contributed by atoms with Crippen LogP contribution in [0.5, 0.6) is 11.5 Å². The van der Waals surface area contributed by atoms with Crippen LogP contribution < -0.4 is 10.1 Å². The van der Waals surface area contributed by atoms with Crippen molar-refractivity contribution in [2.75, 3.05) is 7.11 Å². The molecule has 2 N–H and O–H groups in total. The topological polar surface area (TPSA) is 71.7 Å². The van der Waals surface area contributed by atoms with E-state index >= 15 is 0 Å². The molecule has 0 saturated carbocycles. The number of nitrogens with one attached hydrogen (secondary N) is 1. The Morgan fingerprint density at radius 1 is 1.35 bits per heavy atom. The molecule has 0 radical (unpaired) electrons. The van der Waals surface area contributed by atoms with Gasteiger partial charge in [0.15, 0.2) is 11.5 Å². The van der Waals surface area contributed by atoms with Gasteiger partial charge in [-0.3, -0.25) is 4.79 Å². The number of para-hydroxylation sites is 1. The number of hydrogen-bond acceptors (Lipinski definition) is 4. The molecule has 0 bridgehead atoms. The van der Waals surface area contributed by atoms with Crippen LogP contribution in [0.1, 0.15) is 34.8 Å². The number of furan rings is 1. The number of rotatable bonds is 4. The molecule has 0 fully saturated rings. The zero-order chi connectivity index (χ0) is 14.7. The normalized spacial score (nSPS) is 11.9. The average Bonchev–Trinajstić information content (AvgIpc) is 2.85. The van der Waals surface area contributed by atoms with E-state index in [-0.39, 0.29) is 29.0 Å². The van der Waals surface area contributed by atoms with Gasteiger partial charge < -0.3 is 19.6 Å². The van der Waals surface area contributed by atoms with Crippen LogP contribution in [0.2, 0.25) is 0 Å². The van der Waals surface area contributed by atoms with Crippen LogP contribution in [0.25, 0.3) is 0 Å². The molecule has 0 saturated heterocycles. The van der Waals surface area contributed by atoms with Crippen molar-refractivity contribution in [3.8, 4) is 11.5 Å². The Hall–Kier alpha value is -2.43. The summed E-state index contributed by atoms with van der Waals surface area (Å²) >= 11 is 0. The number of carbonyl (C=O) groups is 1. The van der Waals surface area contributed by atoms with Crippen LogP contribution in [0.3, 0.4) is 0 Å². The summed E-state index contributed by atoms with van der Waals surface area (Å²) in [4.78, 5) is 12.2. The summed E-state index contributed by atoms with van der Waals surface area (Å²) < 4.78 is 10.4. The van der Waals surface area contributed by atoms with Gasteiger partial charge in [-0.05, 0) is 38.1 Å². The predicted molar refractivity (Wildman–Crippen MR) is 74.0 cm³/mol. The van der Waals surface area contributed by atoms with Gasteiger partial charge in [-0.2, -0.15) is 0 Å². The fourth-order valence-electron chi connectivity index (χ4n) is 1.90. The van der Waals surface area contributed by atoms with Gasteiger partial charge in [-0.25, -0.2) is 0 Å². The summed E-state index contributed by atoms with van der Waals surface area (Å²) in [5.41, 5.74) is 0.166. The number of ether oxygens (including phenoxy) is 1. The largest absolute Gasteiger partial charge is 0.504 e. The Morgan fingerprint density at radius 3 is 2.70 bits per heavy atom. The molecule has 0 aliphatic rings. The summed E-state index contributed by atoms with van der Waals surface area (Å²) in [7, 11) is 1.44. The maximum absolute atomic E-state index is 12.2. The van der Waals surface area contributed by atoms with Crippen LogP contribution in [0, 0.1) is 6.92 Å². The van der Waals surface area contributed by atoms with Gasteiger partial charge in [0.2, 0.25) is 0 Å². The quantitative estimate of drug-likeness (QED) is 0.900. The third-order valence-corrected chi connectivity index (χ3v) is 3.00. The summed E-state index contributed by atoms with van der Waals surface area (Å²) in [6, 6.07) is 8.13. The number of hydrogen-bond donors (Lipinski definition) is 2. The van der Waals surface area contributed by atoms with Crippen molar-refractivity contribution in [2.45, 2.75) is 19.9 Å². The fourth-order valence-corrected chi connectivity index (χ4v) is 1.90. The number of aromatic hydroxyl groups is 1. The van der Waals surface area contributed by atoms with E-state index in [0.29, 0.717) is 5.76 Å². The second kappa shape index (κ2) is 5.69. The van der Waals surface area contributed by atoms with E-state index in [9.17, 15) is 9.90 Å². The van der Waals surface area contributed by atoms with Crippen molar-refractivity contribution in [1.29, 1.82) is 0 Å². The lowest BCUT2D eigenvalue weighted by atomic mass is 10.1. The lowest BCUT2D eigenvalue weighted by Gasteiger charge is -2.13. The number of aryl methyl sites for hydroxylation is 1. The molecule has 5 heteroatoms. The van der Waals surface area contributed by atoms with E-state index in [1.165, 1.54) is 13.2 Å². The van der Waals surface area contributed by atoms with E-state index in [4.69, 9.17) is 9.15 Å². The Bertz CT molecular complexity index is 618. The molecule has 1 amide bonds. The van der Waals surface area contributed by atoms with E-state index in [2.05, 4.69) is 5.32 Å². The minimum absolute atomic E-state index is 0.166. The van der Waals surface area contributed by atoms with Crippen molar-refractivity contribution >= 4 is 5.91 Å². The number of benzene rings is 1. The molecule has 1 atom stereocenters. The highest BCUT2D eigenvalue weighted by molar-refractivity contribution is 5.97. The summed E-state index contributed by atoms with van der Waals surface area (Å²) in [6.07, 6.45) is 0. The number of methoxy groups -OCH3 is 1. The number of phenolic OH excluding ortho intramolecular Hbond substituents is 1. The van der Waals surface area contributed by atoms with Gasteiger partial charge in [0, 0.05) is 0 Å². The SMILES string of the molecule is COc1cccc(C(=O)NC(C)c2ccc(C)o2)c1O. The van der Waals surface area contributed by atoms with Crippen molar-refractivity contribution in [3.05, 3.63) is 47.4 Å². The summed E-state index contributed by atoms with van der Waals surface area (Å²) in [5.74, 6) is 1.15. The molecule has 1 unspecified atom stereocenters. The first kappa shape index (κ1) is 14.0. The van der Waals surface area contributed by atoms with Crippen LogP contribution in [0.4, 0.5) is 0 Å². The Labute approximate surface area is 117 Å². The minimum atomic E-state index is -0.386. The second-order valence-corrected chi connectivity index (χ2v) is 4.50. The van der Waals surface area contributed by atoms with Crippen LogP contribution in [-0.2, 0) is 0 Å². The Morgan fingerprint density at radius 2 is 2.10 bits per heavy atom. The van der Waals surface area contributed by atoms with Gasteiger partial charge >= 0.3 is 0 Å². The maximum atomic E-state index is 12.2. The van der Waals surface area contributed by atoms with E-state index in [0.717, 1.165) is 5.76 Å². The average molecular weight is 275 g/mol. The molecular weight excluding hydrogens is 258 g/mol. The minimum Gasteiger partial charge on any atom is -0.504 e. The van der Waals surface area contributed by atoms with Crippen molar-refractivity contribution in [3.63, 3.8) is 0 Å². The predicted octanol–water partition coefficient (Wildman–Crippen LogP) is 2.79. The molecule has 2 rings (SSSR count). The Kier molecular flexibility index (Phi) is 3.98. The van der Waals surface area contributed by atoms with Gasteiger partial charge in [0.05, 0.1) is 18.7 Å². The van der Waals surface area contributed by atoms with Gasteiger partial charge in [-0.15, -0.1) is 0 Å². The molecule has 1 aromatic carbocycles. The molecule has 1 aromatic heterocycles. The lowest BCUT2D eigenvalue weighted by molar-refractivity contribution is 0.0932. The van der Waals surface area contributed by atoms with Crippen LogP contribution >= 0.6 is 0 Å². The number of phenols is 1. The molecule has 0 aliphatic carbocycles. The monoisotopic (exact) mass is 275 g/mol. The standard InChI is InChI=1S/C15H17NO4/c1-9-7-8-12(20-9)10(2)16-15(18)11-5-4-6-13(19-3)14(11)17/h4-8,10,17H,1-3H3,(H,16,18). The maximum Gasteiger partial charge on any atom is 0.255 e. The van der Waals surface area contributed by atoms with E-state index in [1.807, 2.05) is 26.0 Å². The zero-order valence-electron chi connectivity index (χ0n) is 11.6. The van der Waals surface area contributed by atoms with Gasteiger partial charge in [-0.1, -0.05) is 6.07 Å².